The van der Waals surface area contributed by atoms with Crippen LogP contribution in [0.1, 0.15) is 24.0 Å². The molecule has 17 heavy (non-hydrogen) atoms. The standard InChI is InChI=1S/C13H17N3S/c14-13(17)15-11-4-3-9-7-12-2-1-5-16(12)8-10(9)6-11/h3-4,6,12H,1-2,5,7-8H2,(H3,14,15,17). The van der Waals surface area contributed by atoms with E-state index in [4.69, 9.17) is 18.0 Å². The maximum Gasteiger partial charge on any atom is 0.168 e. The smallest absolute Gasteiger partial charge is 0.168 e. The van der Waals surface area contributed by atoms with Crippen molar-refractivity contribution >= 4 is 23.0 Å². The third-order valence-electron chi connectivity index (χ3n) is 3.80. The second-order valence-corrected chi connectivity index (χ2v) is 5.38. The fourth-order valence-electron chi connectivity index (χ4n) is 3.00. The van der Waals surface area contributed by atoms with Gasteiger partial charge in [0.05, 0.1) is 0 Å². The third-order valence-corrected chi connectivity index (χ3v) is 3.90. The van der Waals surface area contributed by atoms with Gasteiger partial charge in [-0.15, -0.1) is 0 Å². The molecule has 1 saturated heterocycles. The molecule has 1 unspecified atom stereocenters. The van der Waals surface area contributed by atoms with Crippen molar-refractivity contribution in [1.82, 2.24) is 4.90 Å². The molecule has 3 N–H and O–H groups in total. The summed E-state index contributed by atoms with van der Waals surface area (Å²) in [6, 6.07) is 7.24. The van der Waals surface area contributed by atoms with E-state index in [-0.39, 0.29) is 0 Å². The van der Waals surface area contributed by atoms with Gasteiger partial charge >= 0.3 is 0 Å². The summed E-state index contributed by atoms with van der Waals surface area (Å²) >= 11 is 4.86. The first-order chi connectivity index (χ1) is 8.22. The van der Waals surface area contributed by atoms with Crippen molar-refractivity contribution in [3.8, 4) is 0 Å². The largest absolute Gasteiger partial charge is 0.376 e. The van der Waals surface area contributed by atoms with Crippen molar-refractivity contribution in [3.63, 3.8) is 0 Å². The van der Waals surface area contributed by atoms with Gasteiger partial charge in [0.2, 0.25) is 0 Å². The Morgan fingerprint density at radius 1 is 1.41 bits per heavy atom. The van der Waals surface area contributed by atoms with E-state index in [2.05, 4.69) is 28.4 Å². The number of fused-ring (bicyclic) bond motifs is 2. The first-order valence-corrected chi connectivity index (χ1v) is 6.55. The van der Waals surface area contributed by atoms with Crippen LogP contribution >= 0.6 is 12.2 Å². The highest BCUT2D eigenvalue weighted by molar-refractivity contribution is 7.80. The van der Waals surface area contributed by atoms with Gasteiger partial charge in [-0.3, -0.25) is 4.90 Å². The van der Waals surface area contributed by atoms with Crippen LogP contribution in [0.3, 0.4) is 0 Å². The lowest BCUT2D eigenvalue weighted by Gasteiger charge is -2.31. The molecule has 4 heteroatoms. The Bertz CT molecular complexity index is 458. The van der Waals surface area contributed by atoms with Gasteiger partial charge in [-0.1, -0.05) is 6.07 Å². The minimum absolute atomic E-state index is 0.333. The highest BCUT2D eigenvalue weighted by atomic mass is 32.1. The topological polar surface area (TPSA) is 41.3 Å². The van der Waals surface area contributed by atoms with Crippen LogP contribution in [0.4, 0.5) is 5.69 Å². The molecule has 0 radical (unpaired) electrons. The quantitative estimate of drug-likeness (QED) is 0.743. The molecular formula is C13H17N3S. The molecule has 2 aliphatic heterocycles. The molecule has 90 valence electrons. The van der Waals surface area contributed by atoms with Gasteiger partial charge < -0.3 is 11.1 Å². The summed E-state index contributed by atoms with van der Waals surface area (Å²) in [5.74, 6) is 0. The lowest BCUT2D eigenvalue weighted by atomic mass is 9.94. The Balaban J connectivity index is 1.86. The number of hydrogen-bond acceptors (Lipinski definition) is 2. The highest BCUT2D eigenvalue weighted by Gasteiger charge is 2.29. The van der Waals surface area contributed by atoms with Crippen LogP contribution in [0, 0.1) is 0 Å². The highest BCUT2D eigenvalue weighted by Crippen LogP contribution is 2.31. The zero-order chi connectivity index (χ0) is 11.8. The average molecular weight is 247 g/mol. The normalized spacial score (nSPS) is 22.9. The van der Waals surface area contributed by atoms with E-state index in [9.17, 15) is 0 Å². The van der Waals surface area contributed by atoms with Crippen LogP contribution in [0.2, 0.25) is 0 Å². The molecule has 3 rings (SSSR count). The molecule has 1 fully saturated rings. The SMILES string of the molecule is NC(=S)Nc1ccc2c(c1)CN1CCCC1C2. The monoisotopic (exact) mass is 247 g/mol. The minimum atomic E-state index is 0.333. The number of nitrogens with two attached hydrogens (primary N) is 1. The Kier molecular flexibility index (Phi) is 2.76. The van der Waals surface area contributed by atoms with E-state index in [0.29, 0.717) is 5.11 Å². The summed E-state index contributed by atoms with van der Waals surface area (Å²) in [6.45, 7) is 2.32. The zero-order valence-electron chi connectivity index (χ0n) is 9.78. The molecule has 2 heterocycles. The molecular weight excluding hydrogens is 230 g/mol. The summed E-state index contributed by atoms with van der Waals surface area (Å²) in [4.78, 5) is 2.59. The summed E-state index contributed by atoms with van der Waals surface area (Å²) < 4.78 is 0. The van der Waals surface area contributed by atoms with Crippen LogP contribution in [-0.2, 0) is 13.0 Å². The van der Waals surface area contributed by atoms with Crippen LogP contribution in [-0.4, -0.2) is 22.6 Å². The predicted octanol–water partition coefficient (Wildman–Crippen LogP) is 1.86. The number of benzene rings is 1. The Labute approximate surface area is 107 Å². The zero-order valence-corrected chi connectivity index (χ0v) is 10.6. The second-order valence-electron chi connectivity index (χ2n) is 4.94. The number of anilines is 1. The van der Waals surface area contributed by atoms with Crippen molar-refractivity contribution in [2.75, 3.05) is 11.9 Å². The number of thiocarbonyl (C=S) groups is 1. The maximum atomic E-state index is 5.50. The summed E-state index contributed by atoms with van der Waals surface area (Å²) in [6.07, 6.45) is 3.89. The number of nitrogens with one attached hydrogen (secondary N) is 1. The summed E-state index contributed by atoms with van der Waals surface area (Å²) in [7, 11) is 0. The Morgan fingerprint density at radius 2 is 2.29 bits per heavy atom. The molecule has 3 nitrogen and oxygen atoms in total. The van der Waals surface area contributed by atoms with Gasteiger partial charge in [0, 0.05) is 18.3 Å². The van der Waals surface area contributed by atoms with Gasteiger partial charge in [-0.25, -0.2) is 0 Å². The van der Waals surface area contributed by atoms with Crippen LogP contribution < -0.4 is 11.1 Å². The fraction of sp³-hybridized carbons (Fsp3) is 0.462. The van der Waals surface area contributed by atoms with Crippen molar-refractivity contribution < 1.29 is 0 Å². The number of rotatable bonds is 1. The van der Waals surface area contributed by atoms with Crippen molar-refractivity contribution in [1.29, 1.82) is 0 Å². The van der Waals surface area contributed by atoms with Crippen LogP contribution in [0.5, 0.6) is 0 Å². The third kappa shape index (κ3) is 2.15. The molecule has 0 spiro atoms. The van der Waals surface area contributed by atoms with Gasteiger partial charge in [0.25, 0.3) is 0 Å². The van der Waals surface area contributed by atoms with E-state index in [0.717, 1.165) is 18.3 Å². The maximum absolute atomic E-state index is 5.50. The minimum Gasteiger partial charge on any atom is -0.376 e. The van der Waals surface area contributed by atoms with Crippen molar-refractivity contribution in [2.24, 2.45) is 5.73 Å². The van der Waals surface area contributed by atoms with E-state index >= 15 is 0 Å². The lowest BCUT2D eigenvalue weighted by molar-refractivity contribution is 0.227. The van der Waals surface area contributed by atoms with Crippen molar-refractivity contribution in [3.05, 3.63) is 29.3 Å². The lowest BCUT2D eigenvalue weighted by Crippen LogP contribution is -2.35. The molecule has 0 saturated carbocycles. The molecule has 0 aromatic heterocycles. The van der Waals surface area contributed by atoms with E-state index in [1.807, 2.05) is 0 Å². The van der Waals surface area contributed by atoms with Gasteiger partial charge in [0.15, 0.2) is 5.11 Å². The van der Waals surface area contributed by atoms with E-state index < -0.39 is 0 Å². The van der Waals surface area contributed by atoms with Crippen molar-refractivity contribution in [2.45, 2.75) is 31.8 Å². The first-order valence-electron chi connectivity index (χ1n) is 6.15. The predicted molar refractivity (Wildman–Crippen MR) is 74.0 cm³/mol. The molecule has 1 atom stereocenters. The second kappa shape index (κ2) is 4.27. The van der Waals surface area contributed by atoms with E-state index in [1.54, 1.807) is 0 Å². The molecule has 0 aliphatic carbocycles. The number of nitrogens with zero attached hydrogens (tertiary/aromatic N) is 1. The average Bonchev–Trinajstić information content (AvgIpc) is 2.72. The molecule has 2 aliphatic rings. The van der Waals surface area contributed by atoms with Gasteiger partial charge in [-0.2, -0.15) is 0 Å². The summed E-state index contributed by atoms with van der Waals surface area (Å²) in [5, 5.41) is 3.34. The number of hydrogen-bond donors (Lipinski definition) is 2. The fourth-order valence-corrected chi connectivity index (χ4v) is 3.12. The first kappa shape index (κ1) is 11.0. The molecule has 1 aromatic carbocycles. The molecule has 0 amide bonds. The van der Waals surface area contributed by atoms with Crippen LogP contribution in [0.15, 0.2) is 18.2 Å². The van der Waals surface area contributed by atoms with Gasteiger partial charge in [0.1, 0.15) is 0 Å². The van der Waals surface area contributed by atoms with Gasteiger partial charge in [-0.05, 0) is 61.3 Å². The van der Waals surface area contributed by atoms with Crippen LogP contribution in [0.25, 0.3) is 0 Å². The van der Waals surface area contributed by atoms with E-state index in [1.165, 1.54) is 36.9 Å². The Hall–Kier alpha value is -1.13. The molecule has 1 aromatic rings. The Morgan fingerprint density at radius 3 is 3.12 bits per heavy atom. The summed E-state index contributed by atoms with van der Waals surface area (Å²) in [5.41, 5.74) is 9.41. The molecule has 0 bridgehead atoms.